The Balaban J connectivity index is 2.05. The van der Waals surface area contributed by atoms with Gasteiger partial charge in [0.25, 0.3) is 0 Å². The first-order valence-electron chi connectivity index (χ1n) is 5.82. The van der Waals surface area contributed by atoms with Gasteiger partial charge < -0.3 is 0 Å². The number of rotatable bonds is 2. The summed E-state index contributed by atoms with van der Waals surface area (Å²) in [5, 5.41) is 5.09. The van der Waals surface area contributed by atoms with Crippen molar-refractivity contribution in [2.45, 2.75) is 0 Å². The SMILES string of the molecule is Cn1nc(-c2ccccn2)nc1-c1ccc(Cl)cc1. The van der Waals surface area contributed by atoms with Crippen molar-refractivity contribution in [3.8, 4) is 22.9 Å². The molecule has 0 atom stereocenters. The fourth-order valence-corrected chi connectivity index (χ4v) is 1.96. The number of hydrogen-bond acceptors (Lipinski definition) is 3. The van der Waals surface area contributed by atoms with Crippen LogP contribution in [0.4, 0.5) is 0 Å². The van der Waals surface area contributed by atoms with Crippen molar-refractivity contribution in [2.75, 3.05) is 0 Å². The molecule has 5 heteroatoms. The number of aromatic nitrogens is 4. The Hall–Kier alpha value is -2.20. The highest BCUT2D eigenvalue weighted by molar-refractivity contribution is 6.30. The third-order valence-electron chi connectivity index (χ3n) is 2.76. The molecule has 0 amide bonds. The fourth-order valence-electron chi connectivity index (χ4n) is 1.84. The van der Waals surface area contributed by atoms with Crippen LogP contribution < -0.4 is 0 Å². The predicted molar refractivity (Wildman–Crippen MR) is 74.7 cm³/mol. The molecule has 2 aromatic heterocycles. The van der Waals surface area contributed by atoms with E-state index in [0.29, 0.717) is 10.8 Å². The molecule has 0 fully saturated rings. The number of benzene rings is 1. The van der Waals surface area contributed by atoms with E-state index in [1.807, 2.05) is 49.5 Å². The van der Waals surface area contributed by atoms with E-state index < -0.39 is 0 Å². The molecule has 0 aliphatic carbocycles. The van der Waals surface area contributed by atoms with Gasteiger partial charge in [-0.15, -0.1) is 5.10 Å². The van der Waals surface area contributed by atoms with Gasteiger partial charge in [-0.25, -0.2) is 9.67 Å². The molecule has 0 bridgehead atoms. The normalized spacial score (nSPS) is 10.6. The Kier molecular flexibility index (Phi) is 3.01. The maximum atomic E-state index is 5.89. The zero-order valence-corrected chi connectivity index (χ0v) is 11.0. The Bertz CT molecular complexity index is 689. The third kappa shape index (κ3) is 2.35. The average molecular weight is 271 g/mol. The quantitative estimate of drug-likeness (QED) is 0.718. The largest absolute Gasteiger partial charge is 0.253 e. The Morgan fingerprint density at radius 2 is 1.84 bits per heavy atom. The summed E-state index contributed by atoms with van der Waals surface area (Å²) in [4.78, 5) is 8.78. The van der Waals surface area contributed by atoms with Crippen LogP contribution in [0.3, 0.4) is 0 Å². The van der Waals surface area contributed by atoms with E-state index >= 15 is 0 Å². The van der Waals surface area contributed by atoms with Gasteiger partial charge in [-0.2, -0.15) is 0 Å². The molecular weight excluding hydrogens is 260 g/mol. The van der Waals surface area contributed by atoms with Gasteiger partial charge >= 0.3 is 0 Å². The molecule has 0 aliphatic heterocycles. The number of nitrogens with zero attached hydrogens (tertiary/aromatic N) is 4. The minimum atomic E-state index is 0.619. The van der Waals surface area contributed by atoms with E-state index in [2.05, 4.69) is 15.1 Å². The summed E-state index contributed by atoms with van der Waals surface area (Å²) < 4.78 is 1.74. The molecule has 0 spiro atoms. The minimum Gasteiger partial charge on any atom is -0.253 e. The van der Waals surface area contributed by atoms with Crippen LogP contribution in [0.2, 0.25) is 5.02 Å². The van der Waals surface area contributed by atoms with Crippen LogP contribution in [0.5, 0.6) is 0 Å². The van der Waals surface area contributed by atoms with Crippen molar-refractivity contribution in [3.63, 3.8) is 0 Å². The van der Waals surface area contributed by atoms with Crippen LogP contribution in [0.1, 0.15) is 0 Å². The van der Waals surface area contributed by atoms with E-state index in [9.17, 15) is 0 Å². The van der Waals surface area contributed by atoms with Crippen LogP contribution in [-0.4, -0.2) is 19.7 Å². The highest BCUT2D eigenvalue weighted by Gasteiger charge is 2.11. The summed E-state index contributed by atoms with van der Waals surface area (Å²) in [6.45, 7) is 0. The second kappa shape index (κ2) is 4.82. The monoisotopic (exact) mass is 270 g/mol. The van der Waals surface area contributed by atoms with Crippen molar-refractivity contribution in [1.82, 2.24) is 19.7 Å². The molecule has 3 aromatic rings. The summed E-state index contributed by atoms with van der Waals surface area (Å²) in [6.07, 6.45) is 1.73. The van der Waals surface area contributed by atoms with Crippen molar-refractivity contribution in [3.05, 3.63) is 53.7 Å². The molecule has 0 saturated heterocycles. The zero-order chi connectivity index (χ0) is 13.2. The number of hydrogen-bond donors (Lipinski definition) is 0. The molecule has 0 N–H and O–H groups in total. The molecule has 1 aromatic carbocycles. The maximum Gasteiger partial charge on any atom is 0.200 e. The molecule has 0 aliphatic rings. The molecule has 94 valence electrons. The second-order valence-corrected chi connectivity index (χ2v) is 4.54. The van der Waals surface area contributed by atoms with Gasteiger partial charge in [-0.1, -0.05) is 17.7 Å². The number of aryl methyl sites for hydroxylation is 1. The molecule has 19 heavy (non-hydrogen) atoms. The molecule has 4 nitrogen and oxygen atoms in total. The van der Waals surface area contributed by atoms with Gasteiger partial charge in [0.2, 0.25) is 0 Å². The molecular formula is C14H11ClN4. The first kappa shape index (κ1) is 11.9. The van der Waals surface area contributed by atoms with E-state index in [0.717, 1.165) is 17.1 Å². The standard InChI is InChI=1S/C14H11ClN4/c1-19-14(10-5-7-11(15)8-6-10)17-13(18-19)12-4-2-3-9-16-12/h2-9H,1H3. The Morgan fingerprint density at radius 1 is 1.05 bits per heavy atom. The topological polar surface area (TPSA) is 43.6 Å². The van der Waals surface area contributed by atoms with E-state index in [1.54, 1.807) is 10.9 Å². The van der Waals surface area contributed by atoms with Crippen LogP contribution in [0.25, 0.3) is 22.9 Å². The van der Waals surface area contributed by atoms with Gasteiger partial charge in [0.15, 0.2) is 11.6 Å². The van der Waals surface area contributed by atoms with Crippen molar-refractivity contribution in [1.29, 1.82) is 0 Å². The fraction of sp³-hybridized carbons (Fsp3) is 0.0714. The summed E-state index contributed by atoms with van der Waals surface area (Å²) in [5.41, 5.74) is 1.74. The molecule has 0 radical (unpaired) electrons. The van der Waals surface area contributed by atoms with E-state index in [-0.39, 0.29) is 0 Å². The minimum absolute atomic E-state index is 0.619. The smallest absolute Gasteiger partial charge is 0.200 e. The average Bonchev–Trinajstić information content (AvgIpc) is 2.83. The van der Waals surface area contributed by atoms with Gasteiger partial charge in [0, 0.05) is 23.8 Å². The van der Waals surface area contributed by atoms with Crippen molar-refractivity contribution >= 4 is 11.6 Å². The summed E-state index contributed by atoms with van der Waals surface area (Å²) in [7, 11) is 1.86. The molecule has 3 rings (SSSR count). The molecule has 0 saturated carbocycles. The van der Waals surface area contributed by atoms with Crippen molar-refractivity contribution in [2.24, 2.45) is 7.05 Å². The Labute approximate surface area is 115 Å². The highest BCUT2D eigenvalue weighted by atomic mass is 35.5. The number of pyridine rings is 1. The molecule has 2 heterocycles. The maximum absolute atomic E-state index is 5.89. The first-order chi connectivity index (χ1) is 9.24. The number of halogens is 1. The first-order valence-corrected chi connectivity index (χ1v) is 6.20. The van der Waals surface area contributed by atoms with Crippen LogP contribution >= 0.6 is 11.6 Å². The Morgan fingerprint density at radius 3 is 2.53 bits per heavy atom. The lowest BCUT2D eigenvalue weighted by Crippen LogP contribution is -1.94. The second-order valence-electron chi connectivity index (χ2n) is 4.10. The predicted octanol–water partition coefficient (Wildman–Crippen LogP) is 3.20. The lowest BCUT2D eigenvalue weighted by Gasteiger charge is -1.99. The third-order valence-corrected chi connectivity index (χ3v) is 3.01. The van der Waals surface area contributed by atoms with Crippen LogP contribution in [-0.2, 0) is 7.05 Å². The molecule has 0 unspecified atom stereocenters. The summed E-state index contributed by atoms with van der Waals surface area (Å²) in [6, 6.07) is 13.2. The van der Waals surface area contributed by atoms with E-state index in [1.165, 1.54) is 0 Å². The summed E-state index contributed by atoms with van der Waals surface area (Å²) >= 11 is 5.89. The van der Waals surface area contributed by atoms with Crippen LogP contribution in [0.15, 0.2) is 48.7 Å². The zero-order valence-electron chi connectivity index (χ0n) is 10.3. The van der Waals surface area contributed by atoms with Crippen molar-refractivity contribution < 1.29 is 0 Å². The van der Waals surface area contributed by atoms with Gasteiger partial charge in [0.05, 0.1) is 0 Å². The lowest BCUT2D eigenvalue weighted by molar-refractivity contribution is 0.776. The van der Waals surface area contributed by atoms with Gasteiger partial charge in [0.1, 0.15) is 5.69 Å². The van der Waals surface area contributed by atoms with Gasteiger partial charge in [-0.3, -0.25) is 4.98 Å². The van der Waals surface area contributed by atoms with Gasteiger partial charge in [-0.05, 0) is 36.4 Å². The highest BCUT2D eigenvalue weighted by Crippen LogP contribution is 2.22. The summed E-state index contributed by atoms with van der Waals surface area (Å²) in [5.74, 6) is 1.41. The lowest BCUT2D eigenvalue weighted by atomic mass is 10.2. The van der Waals surface area contributed by atoms with E-state index in [4.69, 9.17) is 11.6 Å². The van der Waals surface area contributed by atoms with Crippen LogP contribution in [0, 0.1) is 0 Å².